The molecule has 0 spiro atoms. The van der Waals surface area contributed by atoms with Crippen LogP contribution in [0.1, 0.15) is 32.7 Å². The Morgan fingerprint density at radius 3 is 2.40 bits per heavy atom. The minimum atomic E-state index is -0.490. The van der Waals surface area contributed by atoms with Crippen LogP contribution < -0.4 is 5.73 Å². The fourth-order valence-electron chi connectivity index (χ4n) is 3.03. The molecule has 3 rings (SSSR count). The molecule has 2 aromatic rings. The zero-order valence-electron chi connectivity index (χ0n) is 14.1. The third-order valence-corrected chi connectivity index (χ3v) is 4.45. The summed E-state index contributed by atoms with van der Waals surface area (Å²) in [6, 6.07) is 16.6. The van der Waals surface area contributed by atoms with E-state index in [9.17, 15) is 9.59 Å². The van der Waals surface area contributed by atoms with Gasteiger partial charge in [0, 0.05) is 30.1 Å². The van der Waals surface area contributed by atoms with Crippen molar-refractivity contribution in [3.63, 3.8) is 0 Å². The van der Waals surface area contributed by atoms with E-state index in [1.807, 2.05) is 35.2 Å². The van der Waals surface area contributed by atoms with Gasteiger partial charge in [0.2, 0.25) is 5.91 Å². The second-order valence-electron chi connectivity index (χ2n) is 6.35. The highest BCUT2D eigenvalue weighted by atomic mass is 16.5. The SMILES string of the molecule is NC(=O)c1ccc(C(=O)N2CC[C@@H](COCc3ccccc3)C2)cc1. The van der Waals surface area contributed by atoms with Crippen LogP contribution in [0.25, 0.3) is 0 Å². The minimum Gasteiger partial charge on any atom is -0.376 e. The molecule has 1 aliphatic heterocycles. The molecule has 5 nitrogen and oxygen atoms in total. The molecule has 0 bridgehead atoms. The van der Waals surface area contributed by atoms with Crippen LogP contribution in [-0.2, 0) is 11.3 Å². The third kappa shape index (κ3) is 4.45. The van der Waals surface area contributed by atoms with Crippen LogP contribution in [0.3, 0.4) is 0 Å². The number of primary amides is 1. The van der Waals surface area contributed by atoms with E-state index < -0.39 is 5.91 Å². The van der Waals surface area contributed by atoms with Crippen LogP contribution in [0, 0.1) is 5.92 Å². The number of carbonyl (C=O) groups excluding carboxylic acids is 2. The van der Waals surface area contributed by atoms with Gasteiger partial charge in [-0.25, -0.2) is 0 Å². The smallest absolute Gasteiger partial charge is 0.253 e. The number of likely N-dealkylation sites (tertiary alicyclic amines) is 1. The largest absolute Gasteiger partial charge is 0.376 e. The lowest BCUT2D eigenvalue weighted by molar-refractivity contribution is 0.0732. The number of nitrogens with two attached hydrogens (primary N) is 1. The van der Waals surface area contributed by atoms with Gasteiger partial charge in [-0.15, -0.1) is 0 Å². The summed E-state index contributed by atoms with van der Waals surface area (Å²) in [5.41, 5.74) is 7.36. The van der Waals surface area contributed by atoms with Crippen molar-refractivity contribution in [2.75, 3.05) is 19.7 Å². The summed E-state index contributed by atoms with van der Waals surface area (Å²) >= 11 is 0. The predicted octanol–water partition coefficient (Wildman–Crippen LogP) is 2.46. The summed E-state index contributed by atoms with van der Waals surface area (Å²) in [6.45, 7) is 2.68. The maximum Gasteiger partial charge on any atom is 0.253 e. The first-order valence-electron chi connectivity index (χ1n) is 8.44. The quantitative estimate of drug-likeness (QED) is 0.879. The Balaban J connectivity index is 1.48. The molecule has 0 radical (unpaired) electrons. The van der Waals surface area contributed by atoms with Crippen molar-refractivity contribution in [3.8, 4) is 0 Å². The van der Waals surface area contributed by atoms with Crippen molar-refractivity contribution in [1.82, 2.24) is 4.90 Å². The number of carbonyl (C=O) groups is 2. The van der Waals surface area contributed by atoms with Crippen LogP contribution in [0.4, 0.5) is 0 Å². The van der Waals surface area contributed by atoms with Gasteiger partial charge in [-0.3, -0.25) is 9.59 Å². The molecule has 1 aliphatic rings. The fourth-order valence-corrected chi connectivity index (χ4v) is 3.03. The molecular formula is C20H22N2O3. The van der Waals surface area contributed by atoms with E-state index in [-0.39, 0.29) is 5.91 Å². The molecule has 1 heterocycles. The molecule has 25 heavy (non-hydrogen) atoms. The molecule has 1 atom stereocenters. The number of hydrogen-bond acceptors (Lipinski definition) is 3. The Bertz CT molecular complexity index is 728. The molecule has 2 aromatic carbocycles. The van der Waals surface area contributed by atoms with Crippen LogP contribution >= 0.6 is 0 Å². The number of amides is 2. The number of ether oxygens (including phenoxy) is 1. The molecule has 0 unspecified atom stereocenters. The van der Waals surface area contributed by atoms with Crippen molar-refractivity contribution in [3.05, 3.63) is 71.3 Å². The van der Waals surface area contributed by atoms with Gasteiger partial charge in [0.1, 0.15) is 0 Å². The second kappa shape index (κ2) is 7.94. The highest BCUT2D eigenvalue weighted by Gasteiger charge is 2.27. The standard InChI is InChI=1S/C20H22N2O3/c21-19(23)17-6-8-18(9-7-17)20(24)22-11-10-16(12-22)14-25-13-15-4-2-1-3-5-15/h1-9,16H,10-14H2,(H2,21,23)/t16-/m1/s1. The number of benzene rings is 2. The Labute approximate surface area is 147 Å². The topological polar surface area (TPSA) is 72.6 Å². The van der Waals surface area contributed by atoms with Crippen molar-refractivity contribution in [1.29, 1.82) is 0 Å². The Morgan fingerprint density at radius 1 is 1.04 bits per heavy atom. The van der Waals surface area contributed by atoms with E-state index in [0.717, 1.165) is 18.5 Å². The molecule has 1 saturated heterocycles. The molecule has 1 fully saturated rings. The Hall–Kier alpha value is -2.66. The van der Waals surface area contributed by atoms with Crippen molar-refractivity contribution >= 4 is 11.8 Å². The summed E-state index contributed by atoms with van der Waals surface area (Å²) in [5, 5.41) is 0. The van der Waals surface area contributed by atoms with Gasteiger partial charge in [0.05, 0.1) is 13.2 Å². The lowest BCUT2D eigenvalue weighted by atomic mass is 10.1. The summed E-state index contributed by atoms with van der Waals surface area (Å²) in [5.74, 6) is -0.144. The van der Waals surface area contributed by atoms with Crippen molar-refractivity contribution in [2.24, 2.45) is 11.7 Å². The van der Waals surface area contributed by atoms with Gasteiger partial charge in [-0.1, -0.05) is 30.3 Å². The Morgan fingerprint density at radius 2 is 1.72 bits per heavy atom. The maximum absolute atomic E-state index is 12.5. The molecule has 130 valence electrons. The minimum absolute atomic E-state index is 0.0124. The summed E-state index contributed by atoms with van der Waals surface area (Å²) in [4.78, 5) is 25.5. The average molecular weight is 338 g/mol. The van der Waals surface area contributed by atoms with E-state index in [1.54, 1.807) is 24.3 Å². The third-order valence-electron chi connectivity index (χ3n) is 4.45. The van der Waals surface area contributed by atoms with E-state index >= 15 is 0 Å². The van der Waals surface area contributed by atoms with E-state index in [0.29, 0.717) is 36.8 Å². The monoisotopic (exact) mass is 338 g/mol. The van der Waals surface area contributed by atoms with Gasteiger partial charge in [-0.2, -0.15) is 0 Å². The van der Waals surface area contributed by atoms with E-state index in [4.69, 9.17) is 10.5 Å². The molecule has 2 N–H and O–H groups in total. The lowest BCUT2D eigenvalue weighted by Gasteiger charge is -2.17. The summed E-state index contributed by atoms with van der Waals surface area (Å²) in [6.07, 6.45) is 0.944. The molecule has 2 amide bonds. The van der Waals surface area contributed by atoms with Gasteiger partial charge in [0.25, 0.3) is 5.91 Å². The van der Waals surface area contributed by atoms with Gasteiger partial charge >= 0.3 is 0 Å². The maximum atomic E-state index is 12.5. The van der Waals surface area contributed by atoms with Gasteiger partial charge < -0.3 is 15.4 Å². The molecule has 0 saturated carbocycles. The Kier molecular flexibility index (Phi) is 5.46. The first-order chi connectivity index (χ1) is 12.1. The zero-order valence-corrected chi connectivity index (χ0v) is 14.1. The normalized spacial score (nSPS) is 16.8. The van der Waals surface area contributed by atoms with Gasteiger partial charge in [0.15, 0.2) is 0 Å². The van der Waals surface area contributed by atoms with Gasteiger partial charge in [-0.05, 0) is 36.2 Å². The lowest BCUT2D eigenvalue weighted by Crippen LogP contribution is -2.29. The van der Waals surface area contributed by atoms with E-state index in [2.05, 4.69) is 0 Å². The first kappa shape index (κ1) is 17.2. The molecule has 0 aliphatic carbocycles. The van der Waals surface area contributed by atoms with E-state index in [1.165, 1.54) is 0 Å². The number of nitrogens with zero attached hydrogens (tertiary/aromatic N) is 1. The summed E-state index contributed by atoms with van der Waals surface area (Å²) in [7, 11) is 0. The second-order valence-corrected chi connectivity index (χ2v) is 6.35. The predicted molar refractivity (Wildman–Crippen MR) is 95.1 cm³/mol. The number of rotatable bonds is 6. The van der Waals surface area contributed by atoms with Crippen LogP contribution in [-0.4, -0.2) is 36.4 Å². The molecular weight excluding hydrogens is 316 g/mol. The van der Waals surface area contributed by atoms with Crippen LogP contribution in [0.15, 0.2) is 54.6 Å². The van der Waals surface area contributed by atoms with Crippen LogP contribution in [0.5, 0.6) is 0 Å². The molecule has 0 aromatic heterocycles. The zero-order chi connectivity index (χ0) is 17.6. The summed E-state index contributed by atoms with van der Waals surface area (Å²) < 4.78 is 5.79. The first-order valence-corrected chi connectivity index (χ1v) is 8.44. The van der Waals surface area contributed by atoms with Crippen LogP contribution in [0.2, 0.25) is 0 Å². The number of hydrogen-bond donors (Lipinski definition) is 1. The highest BCUT2D eigenvalue weighted by Crippen LogP contribution is 2.20. The van der Waals surface area contributed by atoms with Crippen molar-refractivity contribution in [2.45, 2.75) is 13.0 Å². The average Bonchev–Trinajstić information content (AvgIpc) is 3.11. The fraction of sp³-hybridized carbons (Fsp3) is 0.300. The molecule has 5 heteroatoms. The van der Waals surface area contributed by atoms with Crippen molar-refractivity contribution < 1.29 is 14.3 Å². The highest BCUT2D eigenvalue weighted by molar-refractivity contribution is 5.97.